The molecule has 0 aromatic carbocycles. The van der Waals surface area contributed by atoms with Crippen LogP contribution in [0, 0.1) is 0 Å². The van der Waals surface area contributed by atoms with Gasteiger partial charge in [-0.15, -0.1) is 0 Å². The molecule has 1 aliphatic rings. The SMILES string of the molecule is c1cncc(C(c2nc(-c3ccncc3)no2)N2CCOCC2)c1. The highest BCUT2D eigenvalue weighted by Crippen LogP contribution is 2.29. The van der Waals surface area contributed by atoms with E-state index >= 15 is 0 Å². The summed E-state index contributed by atoms with van der Waals surface area (Å²) < 4.78 is 11.1. The van der Waals surface area contributed by atoms with Gasteiger partial charge in [0.05, 0.1) is 13.2 Å². The molecule has 1 unspecified atom stereocenters. The van der Waals surface area contributed by atoms with Crippen molar-refractivity contribution in [1.29, 1.82) is 0 Å². The van der Waals surface area contributed by atoms with Gasteiger partial charge in [-0.25, -0.2) is 0 Å². The minimum Gasteiger partial charge on any atom is -0.379 e. The average molecular weight is 323 g/mol. The number of rotatable bonds is 4. The second kappa shape index (κ2) is 6.86. The van der Waals surface area contributed by atoms with Gasteiger partial charge in [-0.3, -0.25) is 14.9 Å². The highest BCUT2D eigenvalue weighted by molar-refractivity contribution is 5.52. The fraction of sp³-hybridized carbons (Fsp3) is 0.294. The first kappa shape index (κ1) is 14.9. The molecular weight excluding hydrogens is 306 g/mol. The molecule has 1 aliphatic heterocycles. The number of ether oxygens (including phenoxy) is 1. The van der Waals surface area contributed by atoms with Crippen LogP contribution in [0.1, 0.15) is 17.5 Å². The average Bonchev–Trinajstić information content (AvgIpc) is 3.14. The van der Waals surface area contributed by atoms with Crippen LogP contribution in [-0.4, -0.2) is 51.3 Å². The molecule has 1 fully saturated rings. The first-order valence-corrected chi connectivity index (χ1v) is 7.87. The molecule has 0 N–H and O–H groups in total. The molecule has 24 heavy (non-hydrogen) atoms. The number of aromatic nitrogens is 4. The van der Waals surface area contributed by atoms with Gasteiger partial charge in [-0.1, -0.05) is 11.2 Å². The maximum Gasteiger partial charge on any atom is 0.248 e. The molecule has 3 aromatic rings. The van der Waals surface area contributed by atoms with Crippen LogP contribution >= 0.6 is 0 Å². The Morgan fingerprint density at radius 3 is 2.58 bits per heavy atom. The van der Waals surface area contributed by atoms with Gasteiger partial charge >= 0.3 is 0 Å². The van der Waals surface area contributed by atoms with Crippen LogP contribution in [0.3, 0.4) is 0 Å². The molecule has 7 nitrogen and oxygen atoms in total. The van der Waals surface area contributed by atoms with E-state index in [2.05, 4.69) is 25.0 Å². The van der Waals surface area contributed by atoms with Crippen molar-refractivity contribution in [2.75, 3.05) is 26.3 Å². The lowest BCUT2D eigenvalue weighted by Crippen LogP contribution is -2.39. The van der Waals surface area contributed by atoms with E-state index in [4.69, 9.17) is 9.26 Å². The molecule has 1 saturated heterocycles. The molecular formula is C17H17N5O2. The number of nitrogens with zero attached hydrogens (tertiary/aromatic N) is 5. The van der Waals surface area contributed by atoms with Crippen molar-refractivity contribution in [2.24, 2.45) is 0 Å². The van der Waals surface area contributed by atoms with Gasteiger partial charge < -0.3 is 9.26 Å². The summed E-state index contributed by atoms with van der Waals surface area (Å²) in [6.45, 7) is 3.02. The van der Waals surface area contributed by atoms with Crippen LogP contribution in [0.2, 0.25) is 0 Å². The van der Waals surface area contributed by atoms with Crippen molar-refractivity contribution < 1.29 is 9.26 Å². The predicted molar refractivity (Wildman–Crippen MR) is 86.0 cm³/mol. The zero-order chi connectivity index (χ0) is 16.2. The van der Waals surface area contributed by atoms with Gasteiger partial charge in [0.2, 0.25) is 11.7 Å². The molecule has 0 aliphatic carbocycles. The Morgan fingerprint density at radius 1 is 1.00 bits per heavy atom. The van der Waals surface area contributed by atoms with Crippen LogP contribution < -0.4 is 0 Å². The minimum atomic E-state index is -0.120. The van der Waals surface area contributed by atoms with Gasteiger partial charge in [0.1, 0.15) is 6.04 Å². The number of pyridine rings is 2. The maximum absolute atomic E-state index is 5.60. The summed E-state index contributed by atoms with van der Waals surface area (Å²) in [5.41, 5.74) is 1.91. The number of morpholine rings is 1. The quantitative estimate of drug-likeness (QED) is 0.726. The second-order valence-electron chi connectivity index (χ2n) is 5.53. The molecule has 122 valence electrons. The molecule has 3 aromatic heterocycles. The third-order valence-corrected chi connectivity index (χ3v) is 4.03. The fourth-order valence-electron chi connectivity index (χ4n) is 2.85. The van der Waals surface area contributed by atoms with Gasteiger partial charge in [-0.2, -0.15) is 4.98 Å². The summed E-state index contributed by atoms with van der Waals surface area (Å²) in [7, 11) is 0. The van der Waals surface area contributed by atoms with Crippen LogP contribution in [0.4, 0.5) is 0 Å². The van der Waals surface area contributed by atoms with Crippen molar-refractivity contribution in [3.8, 4) is 11.4 Å². The van der Waals surface area contributed by atoms with Gasteiger partial charge in [0, 0.05) is 43.4 Å². The van der Waals surface area contributed by atoms with E-state index in [-0.39, 0.29) is 6.04 Å². The van der Waals surface area contributed by atoms with Crippen molar-refractivity contribution >= 4 is 0 Å². The number of hydrogen-bond acceptors (Lipinski definition) is 7. The van der Waals surface area contributed by atoms with Crippen molar-refractivity contribution in [3.63, 3.8) is 0 Å². The Kier molecular flexibility index (Phi) is 4.26. The summed E-state index contributed by atoms with van der Waals surface area (Å²) in [6.07, 6.45) is 7.03. The zero-order valence-corrected chi connectivity index (χ0v) is 13.1. The lowest BCUT2D eigenvalue weighted by molar-refractivity contribution is 0.0180. The molecule has 1 atom stereocenters. The van der Waals surface area contributed by atoms with Crippen LogP contribution in [0.5, 0.6) is 0 Å². The van der Waals surface area contributed by atoms with Crippen LogP contribution in [0.25, 0.3) is 11.4 Å². The first-order valence-electron chi connectivity index (χ1n) is 7.87. The first-order chi connectivity index (χ1) is 11.9. The maximum atomic E-state index is 5.60. The largest absolute Gasteiger partial charge is 0.379 e. The van der Waals surface area contributed by atoms with E-state index in [1.807, 2.05) is 30.5 Å². The second-order valence-corrected chi connectivity index (χ2v) is 5.53. The fourth-order valence-corrected chi connectivity index (χ4v) is 2.85. The normalized spacial score (nSPS) is 16.8. The van der Waals surface area contributed by atoms with Crippen molar-refractivity contribution in [3.05, 3.63) is 60.5 Å². The summed E-state index contributed by atoms with van der Waals surface area (Å²) in [5, 5.41) is 4.14. The van der Waals surface area contributed by atoms with E-state index in [1.165, 1.54) is 0 Å². The molecule has 0 radical (unpaired) electrons. The Bertz CT molecular complexity index is 772. The molecule has 7 heteroatoms. The third-order valence-electron chi connectivity index (χ3n) is 4.03. The highest BCUT2D eigenvalue weighted by Gasteiger charge is 2.29. The predicted octanol–water partition coefficient (Wildman–Crippen LogP) is 1.95. The Hall–Kier alpha value is -2.64. The Labute approximate surface area is 139 Å². The van der Waals surface area contributed by atoms with Gasteiger partial charge in [-0.05, 0) is 23.8 Å². The number of hydrogen-bond donors (Lipinski definition) is 0. The van der Waals surface area contributed by atoms with Gasteiger partial charge in [0.15, 0.2) is 0 Å². The summed E-state index contributed by atoms with van der Waals surface area (Å²) in [5.74, 6) is 1.13. The van der Waals surface area contributed by atoms with Crippen molar-refractivity contribution in [2.45, 2.75) is 6.04 Å². The lowest BCUT2D eigenvalue weighted by Gasteiger charge is -2.32. The molecule has 0 saturated carbocycles. The Morgan fingerprint density at radius 2 is 1.83 bits per heavy atom. The summed E-state index contributed by atoms with van der Waals surface area (Å²) in [4.78, 5) is 15.2. The minimum absolute atomic E-state index is 0.120. The molecule has 0 bridgehead atoms. The van der Waals surface area contributed by atoms with Crippen LogP contribution in [0.15, 0.2) is 53.6 Å². The lowest BCUT2D eigenvalue weighted by atomic mass is 10.1. The highest BCUT2D eigenvalue weighted by atomic mass is 16.5. The third kappa shape index (κ3) is 3.04. The van der Waals surface area contributed by atoms with Gasteiger partial charge in [0.25, 0.3) is 0 Å². The van der Waals surface area contributed by atoms with E-state index in [1.54, 1.807) is 18.6 Å². The topological polar surface area (TPSA) is 77.2 Å². The van der Waals surface area contributed by atoms with E-state index < -0.39 is 0 Å². The summed E-state index contributed by atoms with van der Waals surface area (Å²) in [6, 6.07) is 7.56. The van der Waals surface area contributed by atoms with Crippen molar-refractivity contribution in [1.82, 2.24) is 25.0 Å². The van der Waals surface area contributed by atoms with Crippen LogP contribution in [-0.2, 0) is 4.74 Å². The molecule has 4 heterocycles. The molecule has 0 spiro atoms. The zero-order valence-electron chi connectivity index (χ0n) is 13.1. The summed E-state index contributed by atoms with van der Waals surface area (Å²) >= 11 is 0. The van der Waals surface area contributed by atoms with E-state index in [0.29, 0.717) is 24.9 Å². The van der Waals surface area contributed by atoms with E-state index in [9.17, 15) is 0 Å². The van der Waals surface area contributed by atoms with E-state index in [0.717, 1.165) is 24.2 Å². The monoisotopic (exact) mass is 323 g/mol. The Balaban J connectivity index is 1.70. The standard InChI is InChI=1S/C17H17N5O2/c1-2-14(12-19-5-1)15(22-8-10-23-11-9-22)17-20-16(21-24-17)13-3-6-18-7-4-13/h1-7,12,15H,8-11H2. The molecule has 4 rings (SSSR count). The smallest absolute Gasteiger partial charge is 0.248 e. The molecule has 0 amide bonds.